The number of hydrogen-bond donors (Lipinski definition) is 2. The highest BCUT2D eigenvalue weighted by atomic mass is 32.1. The van der Waals surface area contributed by atoms with Crippen molar-refractivity contribution in [1.82, 2.24) is 9.97 Å². The minimum atomic E-state index is -0.224. The molecule has 2 aromatic heterocycles. The molecule has 0 spiro atoms. The minimum absolute atomic E-state index is 0.125. The van der Waals surface area contributed by atoms with Crippen molar-refractivity contribution in [3.63, 3.8) is 0 Å². The first-order chi connectivity index (χ1) is 16.3. The maximum Gasteiger partial charge on any atom is 0.256 e. The number of benzene rings is 2. The summed E-state index contributed by atoms with van der Waals surface area (Å²) in [6.07, 6.45) is 0. The first kappa shape index (κ1) is 23.6. The van der Waals surface area contributed by atoms with Gasteiger partial charge in [0.2, 0.25) is 5.95 Å². The fourth-order valence-corrected chi connectivity index (χ4v) is 4.89. The SMILES string of the molecule is Cc1cc(C)nc(N[C@H](c2ccc(C(C)C)cc2)c2cc(C)sc2NC(=O)c2ccccc2)n1. The van der Waals surface area contributed by atoms with E-state index in [0.717, 1.165) is 32.4 Å². The smallest absolute Gasteiger partial charge is 0.256 e. The molecular formula is C28H30N4OS. The molecule has 2 aromatic carbocycles. The third-order valence-electron chi connectivity index (χ3n) is 5.65. The monoisotopic (exact) mass is 470 g/mol. The van der Waals surface area contributed by atoms with E-state index in [0.29, 0.717) is 17.4 Å². The van der Waals surface area contributed by atoms with Crippen molar-refractivity contribution in [3.05, 3.63) is 105 Å². The van der Waals surface area contributed by atoms with Crippen LogP contribution in [0.5, 0.6) is 0 Å². The molecule has 6 heteroatoms. The highest BCUT2D eigenvalue weighted by molar-refractivity contribution is 7.16. The Bertz CT molecular complexity index is 1260. The zero-order valence-electron chi connectivity index (χ0n) is 20.2. The number of nitrogens with zero attached hydrogens (tertiary/aromatic N) is 2. The Morgan fingerprint density at radius 3 is 2.09 bits per heavy atom. The predicted octanol–water partition coefficient (Wildman–Crippen LogP) is 7.04. The topological polar surface area (TPSA) is 66.9 Å². The van der Waals surface area contributed by atoms with E-state index in [1.54, 1.807) is 11.3 Å². The van der Waals surface area contributed by atoms with Gasteiger partial charge in [-0.25, -0.2) is 9.97 Å². The van der Waals surface area contributed by atoms with Crippen LogP contribution in [0, 0.1) is 20.8 Å². The summed E-state index contributed by atoms with van der Waals surface area (Å²) < 4.78 is 0. The Hall–Kier alpha value is -3.51. The maximum atomic E-state index is 13.0. The van der Waals surface area contributed by atoms with Crippen LogP contribution in [0.25, 0.3) is 0 Å². The fourth-order valence-electron chi connectivity index (χ4n) is 3.94. The fraction of sp³-hybridized carbons (Fsp3) is 0.250. The molecule has 4 rings (SSSR count). The minimum Gasteiger partial charge on any atom is -0.343 e. The molecule has 2 N–H and O–H groups in total. The average molecular weight is 471 g/mol. The number of nitrogens with one attached hydrogen (secondary N) is 2. The summed E-state index contributed by atoms with van der Waals surface area (Å²) in [5, 5.41) is 7.50. The van der Waals surface area contributed by atoms with Crippen molar-refractivity contribution >= 4 is 28.2 Å². The van der Waals surface area contributed by atoms with Crippen LogP contribution in [-0.4, -0.2) is 15.9 Å². The van der Waals surface area contributed by atoms with Gasteiger partial charge in [-0.05, 0) is 62.1 Å². The van der Waals surface area contributed by atoms with E-state index < -0.39 is 0 Å². The van der Waals surface area contributed by atoms with Gasteiger partial charge in [0.25, 0.3) is 5.91 Å². The second kappa shape index (κ2) is 10.2. The Balaban J connectivity index is 1.74. The lowest BCUT2D eigenvalue weighted by atomic mass is 9.96. The number of aromatic nitrogens is 2. The van der Waals surface area contributed by atoms with Gasteiger partial charge in [-0.3, -0.25) is 4.79 Å². The lowest BCUT2D eigenvalue weighted by Crippen LogP contribution is -2.18. The van der Waals surface area contributed by atoms with Gasteiger partial charge < -0.3 is 10.6 Å². The number of rotatable bonds is 7. The van der Waals surface area contributed by atoms with Gasteiger partial charge in [0, 0.05) is 27.4 Å². The summed E-state index contributed by atoms with van der Waals surface area (Å²) in [5.41, 5.74) is 5.80. The van der Waals surface area contributed by atoms with Crippen LogP contribution in [0.15, 0.2) is 66.7 Å². The van der Waals surface area contributed by atoms with E-state index in [4.69, 9.17) is 0 Å². The highest BCUT2D eigenvalue weighted by Crippen LogP contribution is 2.37. The first-order valence-electron chi connectivity index (χ1n) is 11.5. The summed E-state index contributed by atoms with van der Waals surface area (Å²) in [7, 11) is 0. The van der Waals surface area contributed by atoms with Gasteiger partial charge in [0.15, 0.2) is 0 Å². The molecule has 0 unspecified atom stereocenters. The van der Waals surface area contributed by atoms with Gasteiger partial charge in [-0.15, -0.1) is 11.3 Å². The molecule has 5 nitrogen and oxygen atoms in total. The van der Waals surface area contributed by atoms with Gasteiger partial charge in [-0.1, -0.05) is 56.3 Å². The van der Waals surface area contributed by atoms with E-state index in [-0.39, 0.29) is 11.9 Å². The number of carbonyl (C=O) groups excluding carboxylic acids is 1. The molecule has 2 heterocycles. The molecule has 0 aliphatic heterocycles. The van der Waals surface area contributed by atoms with Crippen molar-refractivity contribution in [3.8, 4) is 0 Å². The van der Waals surface area contributed by atoms with Crippen LogP contribution in [0.3, 0.4) is 0 Å². The maximum absolute atomic E-state index is 13.0. The number of hydrogen-bond acceptors (Lipinski definition) is 5. The van der Waals surface area contributed by atoms with Crippen LogP contribution in [0.4, 0.5) is 10.9 Å². The van der Waals surface area contributed by atoms with Crippen LogP contribution < -0.4 is 10.6 Å². The lowest BCUT2D eigenvalue weighted by Gasteiger charge is -2.21. The molecular weight excluding hydrogens is 440 g/mol. The summed E-state index contributed by atoms with van der Waals surface area (Å²) >= 11 is 1.57. The molecule has 1 atom stereocenters. The Morgan fingerprint density at radius 2 is 1.47 bits per heavy atom. The Morgan fingerprint density at radius 1 is 0.853 bits per heavy atom. The predicted molar refractivity (Wildman–Crippen MR) is 141 cm³/mol. The summed E-state index contributed by atoms with van der Waals surface area (Å²) in [6.45, 7) is 10.4. The van der Waals surface area contributed by atoms with Gasteiger partial charge in [-0.2, -0.15) is 0 Å². The number of anilines is 2. The molecule has 0 aliphatic rings. The van der Waals surface area contributed by atoms with Crippen LogP contribution >= 0.6 is 11.3 Å². The van der Waals surface area contributed by atoms with Crippen molar-refractivity contribution in [2.75, 3.05) is 10.6 Å². The summed E-state index contributed by atoms with van der Waals surface area (Å²) in [5.74, 6) is 0.896. The van der Waals surface area contributed by atoms with Crippen molar-refractivity contribution in [2.45, 2.75) is 46.6 Å². The third-order valence-corrected chi connectivity index (χ3v) is 6.63. The van der Waals surface area contributed by atoms with E-state index in [2.05, 4.69) is 71.7 Å². The summed E-state index contributed by atoms with van der Waals surface area (Å²) in [6, 6.07) is 21.8. The van der Waals surface area contributed by atoms with Crippen molar-refractivity contribution in [1.29, 1.82) is 0 Å². The molecule has 0 aliphatic carbocycles. The van der Waals surface area contributed by atoms with Gasteiger partial charge in [0.1, 0.15) is 5.00 Å². The zero-order chi connectivity index (χ0) is 24.2. The molecule has 0 saturated heterocycles. The van der Waals surface area contributed by atoms with Gasteiger partial charge in [0.05, 0.1) is 6.04 Å². The molecule has 4 aromatic rings. The quantitative estimate of drug-likeness (QED) is 0.304. The number of amides is 1. The van der Waals surface area contributed by atoms with E-state index in [1.807, 2.05) is 50.2 Å². The second-order valence-corrected chi connectivity index (χ2v) is 10.1. The number of carbonyl (C=O) groups is 1. The van der Waals surface area contributed by atoms with E-state index >= 15 is 0 Å². The van der Waals surface area contributed by atoms with Crippen molar-refractivity contribution < 1.29 is 4.79 Å². The molecule has 1 amide bonds. The van der Waals surface area contributed by atoms with Crippen LogP contribution in [-0.2, 0) is 0 Å². The first-order valence-corrected chi connectivity index (χ1v) is 12.3. The molecule has 174 valence electrons. The lowest BCUT2D eigenvalue weighted by molar-refractivity contribution is 0.102. The van der Waals surface area contributed by atoms with Crippen molar-refractivity contribution in [2.24, 2.45) is 0 Å². The average Bonchev–Trinajstić information content (AvgIpc) is 3.17. The standard InChI is InChI=1S/C28H30N4OS/c1-17(2)21-11-13-22(14-12-21)25(31-28-29-18(3)15-19(4)30-28)24-16-20(5)34-27(24)32-26(33)23-9-7-6-8-10-23/h6-17,25H,1-5H3,(H,32,33)(H,29,30,31)/t25-/m1/s1. The molecule has 0 radical (unpaired) electrons. The Kier molecular flexibility index (Phi) is 7.08. The normalized spacial score (nSPS) is 11.9. The summed E-state index contributed by atoms with van der Waals surface area (Å²) in [4.78, 5) is 23.3. The van der Waals surface area contributed by atoms with Gasteiger partial charge >= 0.3 is 0 Å². The number of aryl methyl sites for hydroxylation is 3. The third kappa shape index (κ3) is 5.51. The van der Waals surface area contributed by atoms with Crippen LogP contribution in [0.2, 0.25) is 0 Å². The molecule has 0 fully saturated rings. The zero-order valence-corrected chi connectivity index (χ0v) is 21.0. The molecule has 34 heavy (non-hydrogen) atoms. The van der Waals surface area contributed by atoms with E-state index in [9.17, 15) is 4.79 Å². The number of thiophene rings is 1. The highest BCUT2D eigenvalue weighted by Gasteiger charge is 2.23. The van der Waals surface area contributed by atoms with E-state index in [1.165, 1.54) is 5.56 Å². The molecule has 0 saturated carbocycles. The van der Waals surface area contributed by atoms with Crippen LogP contribution in [0.1, 0.15) is 69.1 Å². The largest absolute Gasteiger partial charge is 0.343 e. The molecule has 0 bridgehead atoms. The Labute approximate surface area is 205 Å². The second-order valence-electron chi connectivity index (χ2n) is 8.83.